The third-order valence-electron chi connectivity index (χ3n) is 4.21. The first-order chi connectivity index (χ1) is 11.1. The summed E-state index contributed by atoms with van der Waals surface area (Å²) in [7, 11) is 1.60. The van der Waals surface area contributed by atoms with Crippen molar-refractivity contribution < 1.29 is 14.3 Å². The number of hydrogen-bond donors (Lipinski definition) is 2. The van der Waals surface area contributed by atoms with Gasteiger partial charge < -0.3 is 15.4 Å². The predicted octanol–water partition coefficient (Wildman–Crippen LogP) is 2.73. The zero-order chi connectivity index (χ0) is 16.7. The molecule has 2 rings (SSSR count). The standard InChI is InChI=1S/C18H26N2O3.ClH/c1-13-12-15(10-11-19-13)20-18(22)5-3-4-17(21)14-6-8-16(23-2)9-7-14;/h6-9,13,15,19H,3-5,10-12H2,1-2H3,(H,20,22);1H. The average Bonchev–Trinajstić information content (AvgIpc) is 2.55. The van der Waals surface area contributed by atoms with Crippen LogP contribution in [0.1, 0.15) is 49.4 Å². The average molecular weight is 355 g/mol. The van der Waals surface area contributed by atoms with E-state index in [1.54, 1.807) is 31.4 Å². The highest BCUT2D eigenvalue weighted by Crippen LogP contribution is 2.14. The van der Waals surface area contributed by atoms with Gasteiger partial charge in [0.05, 0.1) is 7.11 Å². The molecule has 2 N–H and O–H groups in total. The number of benzene rings is 1. The number of rotatable bonds is 7. The molecule has 1 heterocycles. The highest BCUT2D eigenvalue weighted by atomic mass is 35.5. The highest BCUT2D eigenvalue weighted by Gasteiger charge is 2.19. The third-order valence-corrected chi connectivity index (χ3v) is 4.21. The van der Waals surface area contributed by atoms with Crippen molar-refractivity contribution in [3.8, 4) is 5.75 Å². The molecule has 5 nitrogen and oxygen atoms in total. The van der Waals surface area contributed by atoms with E-state index >= 15 is 0 Å². The number of halogens is 1. The molecule has 1 aromatic carbocycles. The summed E-state index contributed by atoms with van der Waals surface area (Å²) in [4.78, 5) is 24.0. The Morgan fingerprint density at radius 1 is 1.25 bits per heavy atom. The van der Waals surface area contributed by atoms with E-state index in [1.165, 1.54) is 0 Å². The van der Waals surface area contributed by atoms with Crippen LogP contribution in [0.5, 0.6) is 5.75 Å². The molecule has 2 atom stereocenters. The highest BCUT2D eigenvalue weighted by molar-refractivity contribution is 5.96. The number of methoxy groups -OCH3 is 1. The Hall–Kier alpha value is -1.59. The SMILES string of the molecule is COc1ccc(C(=O)CCCC(=O)NC2CCNC(C)C2)cc1.Cl. The third kappa shape index (κ3) is 6.49. The van der Waals surface area contributed by atoms with Gasteiger partial charge in [-0.25, -0.2) is 0 Å². The Morgan fingerprint density at radius 2 is 1.96 bits per heavy atom. The summed E-state index contributed by atoms with van der Waals surface area (Å²) in [5.74, 6) is 0.847. The molecule has 24 heavy (non-hydrogen) atoms. The summed E-state index contributed by atoms with van der Waals surface area (Å²) in [6.45, 7) is 3.08. The first kappa shape index (κ1) is 20.5. The number of hydrogen-bond acceptors (Lipinski definition) is 4. The van der Waals surface area contributed by atoms with Crippen LogP contribution in [0.4, 0.5) is 0 Å². The van der Waals surface area contributed by atoms with Crippen LogP contribution in [0.15, 0.2) is 24.3 Å². The van der Waals surface area contributed by atoms with Crippen LogP contribution in [-0.4, -0.2) is 37.4 Å². The summed E-state index contributed by atoms with van der Waals surface area (Å²) in [5, 5.41) is 6.44. The lowest BCUT2D eigenvalue weighted by Gasteiger charge is -2.28. The van der Waals surface area contributed by atoms with Crippen molar-refractivity contribution in [3.05, 3.63) is 29.8 Å². The molecular weight excluding hydrogens is 328 g/mol. The quantitative estimate of drug-likeness (QED) is 0.739. The first-order valence-corrected chi connectivity index (χ1v) is 8.28. The van der Waals surface area contributed by atoms with Gasteiger partial charge in [0.25, 0.3) is 0 Å². The van der Waals surface area contributed by atoms with Crippen LogP contribution in [0.3, 0.4) is 0 Å². The molecule has 0 saturated carbocycles. The Labute approximate surface area is 149 Å². The second-order valence-electron chi connectivity index (χ2n) is 6.15. The fraction of sp³-hybridized carbons (Fsp3) is 0.556. The van der Waals surface area contributed by atoms with Gasteiger partial charge >= 0.3 is 0 Å². The smallest absolute Gasteiger partial charge is 0.220 e. The number of nitrogens with one attached hydrogen (secondary N) is 2. The molecular formula is C18H27ClN2O3. The zero-order valence-electron chi connectivity index (χ0n) is 14.3. The molecule has 6 heteroatoms. The maximum absolute atomic E-state index is 12.1. The van der Waals surface area contributed by atoms with Crippen molar-refractivity contribution in [1.29, 1.82) is 0 Å². The number of carbonyl (C=O) groups excluding carboxylic acids is 2. The molecule has 1 fully saturated rings. The van der Waals surface area contributed by atoms with Gasteiger partial charge in [-0.2, -0.15) is 0 Å². The van der Waals surface area contributed by atoms with E-state index in [0.29, 0.717) is 30.9 Å². The van der Waals surface area contributed by atoms with Crippen LogP contribution in [0, 0.1) is 0 Å². The summed E-state index contributed by atoms with van der Waals surface area (Å²) in [6, 6.07) is 7.79. The summed E-state index contributed by atoms with van der Waals surface area (Å²) in [6.07, 6.45) is 3.32. The Balaban J connectivity index is 0.00000288. The number of Topliss-reactive ketones (excluding diaryl/α,β-unsaturated/α-hetero) is 1. The molecule has 0 spiro atoms. The molecule has 0 bridgehead atoms. The second kappa shape index (κ2) is 10.3. The number of carbonyl (C=O) groups is 2. The topological polar surface area (TPSA) is 67.4 Å². The van der Waals surface area contributed by atoms with Gasteiger partial charge in [-0.05, 0) is 57.0 Å². The van der Waals surface area contributed by atoms with E-state index in [0.717, 1.165) is 25.1 Å². The van der Waals surface area contributed by atoms with E-state index in [9.17, 15) is 9.59 Å². The zero-order valence-corrected chi connectivity index (χ0v) is 15.2. The van der Waals surface area contributed by atoms with Gasteiger partial charge in [0.2, 0.25) is 5.91 Å². The lowest BCUT2D eigenvalue weighted by Crippen LogP contribution is -2.46. The molecule has 1 saturated heterocycles. The van der Waals surface area contributed by atoms with Gasteiger partial charge in [0.15, 0.2) is 5.78 Å². The van der Waals surface area contributed by atoms with Crippen LogP contribution in [-0.2, 0) is 4.79 Å². The van der Waals surface area contributed by atoms with Crippen LogP contribution < -0.4 is 15.4 Å². The molecule has 0 aliphatic carbocycles. The molecule has 134 valence electrons. The normalized spacial score (nSPS) is 19.9. The van der Waals surface area contributed by atoms with Crippen LogP contribution in [0.2, 0.25) is 0 Å². The molecule has 1 aliphatic rings. The minimum Gasteiger partial charge on any atom is -0.497 e. The molecule has 0 radical (unpaired) electrons. The monoisotopic (exact) mass is 354 g/mol. The number of ether oxygens (including phenoxy) is 1. The van der Waals surface area contributed by atoms with Crippen LogP contribution >= 0.6 is 12.4 Å². The van der Waals surface area contributed by atoms with Gasteiger partial charge in [0.1, 0.15) is 5.75 Å². The number of ketones is 1. The molecule has 1 aromatic rings. The predicted molar refractivity (Wildman–Crippen MR) is 97.1 cm³/mol. The van der Waals surface area contributed by atoms with Crippen molar-refractivity contribution in [2.45, 2.75) is 51.1 Å². The molecule has 2 unspecified atom stereocenters. The Bertz CT molecular complexity index is 534. The largest absolute Gasteiger partial charge is 0.497 e. The fourth-order valence-corrected chi connectivity index (χ4v) is 2.89. The van der Waals surface area contributed by atoms with Crippen molar-refractivity contribution in [3.63, 3.8) is 0 Å². The van der Waals surface area contributed by atoms with Crippen molar-refractivity contribution in [1.82, 2.24) is 10.6 Å². The Morgan fingerprint density at radius 3 is 2.58 bits per heavy atom. The van der Waals surface area contributed by atoms with E-state index < -0.39 is 0 Å². The lowest BCUT2D eigenvalue weighted by atomic mass is 10.00. The lowest BCUT2D eigenvalue weighted by molar-refractivity contribution is -0.122. The summed E-state index contributed by atoms with van der Waals surface area (Å²) in [5.41, 5.74) is 0.665. The van der Waals surface area contributed by atoms with Crippen molar-refractivity contribution in [2.75, 3.05) is 13.7 Å². The first-order valence-electron chi connectivity index (χ1n) is 8.28. The van der Waals surface area contributed by atoms with Crippen LogP contribution in [0.25, 0.3) is 0 Å². The second-order valence-corrected chi connectivity index (χ2v) is 6.15. The number of piperidine rings is 1. The minimum atomic E-state index is 0. The maximum Gasteiger partial charge on any atom is 0.220 e. The van der Waals surface area contributed by atoms with E-state index in [1.807, 2.05) is 0 Å². The summed E-state index contributed by atoms with van der Waals surface area (Å²) < 4.78 is 5.07. The van der Waals surface area contributed by atoms with Crippen molar-refractivity contribution >= 4 is 24.1 Å². The fourth-order valence-electron chi connectivity index (χ4n) is 2.89. The number of amides is 1. The van der Waals surface area contributed by atoms with E-state index in [2.05, 4.69) is 17.6 Å². The van der Waals surface area contributed by atoms with E-state index in [4.69, 9.17) is 4.74 Å². The maximum atomic E-state index is 12.1. The molecule has 0 aromatic heterocycles. The molecule has 1 aliphatic heterocycles. The van der Waals surface area contributed by atoms with Gasteiger partial charge in [-0.3, -0.25) is 9.59 Å². The van der Waals surface area contributed by atoms with Crippen molar-refractivity contribution in [2.24, 2.45) is 0 Å². The minimum absolute atomic E-state index is 0. The van der Waals surface area contributed by atoms with Gasteiger partial charge in [-0.1, -0.05) is 0 Å². The van der Waals surface area contributed by atoms with E-state index in [-0.39, 0.29) is 30.1 Å². The molecule has 1 amide bonds. The van der Waals surface area contributed by atoms with Gasteiger partial charge in [0, 0.05) is 30.5 Å². The Kier molecular flexibility index (Phi) is 8.79. The summed E-state index contributed by atoms with van der Waals surface area (Å²) >= 11 is 0. The van der Waals surface area contributed by atoms with Gasteiger partial charge in [-0.15, -0.1) is 12.4 Å².